The van der Waals surface area contributed by atoms with Gasteiger partial charge in [0.2, 0.25) is 0 Å². The van der Waals surface area contributed by atoms with E-state index in [1.807, 2.05) is 36.9 Å². The first-order valence-corrected chi connectivity index (χ1v) is 9.40. The fraction of sp³-hybridized carbons (Fsp3) is 0.364. The zero-order valence-corrected chi connectivity index (χ0v) is 16.3. The SMILES string of the molecule is CC(=O)c1c(C)[nH]c(C(=O)N2CCN(CC=Cc3ccccc3)CC2)c1C. The predicted octanol–water partition coefficient (Wildman–Crippen LogP) is 3.31. The summed E-state index contributed by atoms with van der Waals surface area (Å²) in [6.45, 7) is 9.21. The van der Waals surface area contributed by atoms with Crippen LogP contribution in [0, 0.1) is 13.8 Å². The molecule has 0 radical (unpaired) electrons. The number of amides is 1. The van der Waals surface area contributed by atoms with Gasteiger partial charge in [-0.1, -0.05) is 42.5 Å². The lowest BCUT2D eigenvalue weighted by molar-refractivity contribution is 0.0644. The molecule has 1 aromatic heterocycles. The molecule has 1 aliphatic heterocycles. The van der Waals surface area contributed by atoms with Crippen molar-refractivity contribution in [2.45, 2.75) is 20.8 Å². The highest BCUT2D eigenvalue weighted by Crippen LogP contribution is 2.20. The van der Waals surface area contributed by atoms with Gasteiger partial charge < -0.3 is 9.88 Å². The Balaban J connectivity index is 1.56. The number of hydrogen-bond acceptors (Lipinski definition) is 3. The van der Waals surface area contributed by atoms with Gasteiger partial charge >= 0.3 is 0 Å². The summed E-state index contributed by atoms with van der Waals surface area (Å²) in [6, 6.07) is 10.3. The zero-order chi connectivity index (χ0) is 19.4. The minimum Gasteiger partial charge on any atom is -0.354 e. The molecule has 0 aliphatic carbocycles. The van der Waals surface area contributed by atoms with E-state index in [9.17, 15) is 9.59 Å². The first-order valence-electron chi connectivity index (χ1n) is 9.40. The van der Waals surface area contributed by atoms with E-state index >= 15 is 0 Å². The number of aromatic amines is 1. The average Bonchev–Trinajstić information content (AvgIpc) is 2.97. The van der Waals surface area contributed by atoms with Crippen LogP contribution in [0.5, 0.6) is 0 Å². The van der Waals surface area contributed by atoms with Crippen molar-refractivity contribution < 1.29 is 9.59 Å². The molecule has 1 amide bonds. The van der Waals surface area contributed by atoms with Crippen LogP contribution in [0.1, 0.15) is 44.6 Å². The van der Waals surface area contributed by atoms with Gasteiger partial charge in [-0.05, 0) is 31.9 Å². The molecule has 2 aromatic rings. The second kappa shape index (κ2) is 8.35. The van der Waals surface area contributed by atoms with Crippen molar-refractivity contribution in [1.82, 2.24) is 14.8 Å². The van der Waals surface area contributed by atoms with E-state index in [0.717, 1.165) is 30.9 Å². The number of aromatic nitrogens is 1. The lowest BCUT2D eigenvalue weighted by Gasteiger charge is -2.34. The standard InChI is InChI=1S/C22H27N3O2/c1-16-20(18(3)26)17(2)23-21(16)22(27)25-14-12-24(13-15-25)11-7-10-19-8-5-4-6-9-19/h4-10,23H,11-15H2,1-3H3. The van der Waals surface area contributed by atoms with Gasteiger partial charge in [0.05, 0.1) is 0 Å². The number of carbonyl (C=O) groups excluding carboxylic acids is 2. The van der Waals surface area contributed by atoms with Crippen LogP contribution in [0.3, 0.4) is 0 Å². The Kier molecular flexibility index (Phi) is 5.91. The summed E-state index contributed by atoms with van der Waals surface area (Å²) >= 11 is 0. The summed E-state index contributed by atoms with van der Waals surface area (Å²) in [5, 5.41) is 0. The van der Waals surface area contributed by atoms with E-state index in [2.05, 4.69) is 34.2 Å². The minimum absolute atomic E-state index is 0.00433. The Morgan fingerprint density at radius 1 is 1.07 bits per heavy atom. The number of nitrogens with zero attached hydrogens (tertiary/aromatic N) is 2. The van der Waals surface area contributed by atoms with E-state index < -0.39 is 0 Å². The molecule has 2 heterocycles. The molecule has 27 heavy (non-hydrogen) atoms. The molecule has 0 unspecified atom stereocenters. The van der Waals surface area contributed by atoms with E-state index in [1.54, 1.807) is 6.92 Å². The topological polar surface area (TPSA) is 56.4 Å². The van der Waals surface area contributed by atoms with Crippen molar-refractivity contribution in [2.24, 2.45) is 0 Å². The molecule has 1 saturated heterocycles. The number of hydrogen-bond donors (Lipinski definition) is 1. The predicted molar refractivity (Wildman–Crippen MR) is 108 cm³/mol. The number of H-pyrrole nitrogens is 1. The number of rotatable bonds is 5. The summed E-state index contributed by atoms with van der Waals surface area (Å²) in [4.78, 5) is 32.0. The molecule has 0 atom stereocenters. The minimum atomic E-state index is -0.0115. The Morgan fingerprint density at radius 2 is 1.74 bits per heavy atom. The number of ketones is 1. The van der Waals surface area contributed by atoms with E-state index in [1.165, 1.54) is 5.56 Å². The van der Waals surface area contributed by atoms with Crippen LogP contribution in [0.25, 0.3) is 6.08 Å². The molecule has 5 heteroatoms. The monoisotopic (exact) mass is 365 g/mol. The maximum atomic E-state index is 12.9. The normalized spacial score (nSPS) is 15.4. The number of Topliss-reactive ketones (excluding diaryl/α,β-unsaturated/α-hetero) is 1. The average molecular weight is 365 g/mol. The smallest absolute Gasteiger partial charge is 0.270 e. The van der Waals surface area contributed by atoms with Crippen molar-refractivity contribution in [3.8, 4) is 0 Å². The molecule has 0 spiro atoms. The first-order chi connectivity index (χ1) is 13.0. The Labute approximate surface area is 160 Å². The van der Waals surface area contributed by atoms with Crippen LogP contribution in [0.2, 0.25) is 0 Å². The lowest BCUT2D eigenvalue weighted by atomic mass is 10.1. The third-order valence-electron chi connectivity index (χ3n) is 5.14. The van der Waals surface area contributed by atoms with Gasteiger partial charge in [-0.2, -0.15) is 0 Å². The zero-order valence-electron chi connectivity index (χ0n) is 16.3. The maximum Gasteiger partial charge on any atom is 0.270 e. The van der Waals surface area contributed by atoms with E-state index in [-0.39, 0.29) is 11.7 Å². The molecule has 1 aliphatic rings. The van der Waals surface area contributed by atoms with Crippen molar-refractivity contribution in [1.29, 1.82) is 0 Å². The number of nitrogens with one attached hydrogen (secondary N) is 1. The molecule has 142 valence electrons. The van der Waals surface area contributed by atoms with Gasteiger partial charge in [-0.3, -0.25) is 14.5 Å². The first kappa shape index (κ1) is 19.1. The molecular weight excluding hydrogens is 338 g/mol. The van der Waals surface area contributed by atoms with Gasteiger partial charge in [-0.15, -0.1) is 0 Å². The molecule has 1 aromatic carbocycles. The Hall–Kier alpha value is -2.66. The number of carbonyl (C=O) groups is 2. The van der Waals surface area contributed by atoms with Crippen molar-refractivity contribution in [2.75, 3.05) is 32.7 Å². The van der Waals surface area contributed by atoms with Gasteiger partial charge in [-0.25, -0.2) is 0 Å². The highest BCUT2D eigenvalue weighted by atomic mass is 16.2. The second-order valence-corrected chi connectivity index (χ2v) is 7.09. The summed E-state index contributed by atoms with van der Waals surface area (Å²) < 4.78 is 0. The third kappa shape index (κ3) is 4.37. The lowest BCUT2D eigenvalue weighted by Crippen LogP contribution is -2.48. The van der Waals surface area contributed by atoms with Crippen LogP contribution in [0.4, 0.5) is 0 Å². The summed E-state index contributed by atoms with van der Waals surface area (Å²) in [5.74, 6) is -0.0158. The molecule has 1 fully saturated rings. The van der Waals surface area contributed by atoms with Gasteiger partial charge in [0.15, 0.2) is 5.78 Å². The molecular formula is C22H27N3O2. The van der Waals surface area contributed by atoms with Crippen LogP contribution >= 0.6 is 0 Å². The van der Waals surface area contributed by atoms with Crippen molar-refractivity contribution in [3.05, 3.63) is 64.5 Å². The number of benzene rings is 1. The Morgan fingerprint density at radius 3 is 2.33 bits per heavy atom. The van der Waals surface area contributed by atoms with Crippen LogP contribution < -0.4 is 0 Å². The van der Waals surface area contributed by atoms with Gasteiger partial charge in [0.1, 0.15) is 5.69 Å². The highest BCUT2D eigenvalue weighted by Gasteiger charge is 2.26. The molecule has 0 bridgehead atoms. The van der Waals surface area contributed by atoms with Crippen LogP contribution in [-0.2, 0) is 0 Å². The molecule has 1 N–H and O–H groups in total. The van der Waals surface area contributed by atoms with Crippen molar-refractivity contribution in [3.63, 3.8) is 0 Å². The fourth-order valence-corrected chi connectivity index (χ4v) is 3.69. The fourth-order valence-electron chi connectivity index (χ4n) is 3.69. The second-order valence-electron chi connectivity index (χ2n) is 7.09. The van der Waals surface area contributed by atoms with Gasteiger partial charge in [0.25, 0.3) is 5.91 Å². The van der Waals surface area contributed by atoms with E-state index in [0.29, 0.717) is 24.3 Å². The van der Waals surface area contributed by atoms with Crippen LogP contribution in [0.15, 0.2) is 36.4 Å². The van der Waals surface area contributed by atoms with Crippen molar-refractivity contribution >= 4 is 17.8 Å². The number of piperazine rings is 1. The van der Waals surface area contributed by atoms with E-state index in [4.69, 9.17) is 0 Å². The highest BCUT2D eigenvalue weighted by molar-refractivity contribution is 6.02. The van der Waals surface area contributed by atoms with Crippen LogP contribution in [-0.4, -0.2) is 59.2 Å². The molecule has 5 nitrogen and oxygen atoms in total. The quantitative estimate of drug-likeness (QED) is 0.827. The summed E-state index contributed by atoms with van der Waals surface area (Å²) in [6.07, 6.45) is 4.30. The molecule has 0 saturated carbocycles. The van der Waals surface area contributed by atoms with Gasteiger partial charge in [0, 0.05) is 44.0 Å². The largest absolute Gasteiger partial charge is 0.354 e. The third-order valence-corrected chi connectivity index (χ3v) is 5.14. The molecule has 3 rings (SSSR count). The summed E-state index contributed by atoms with van der Waals surface area (Å²) in [5.41, 5.74) is 3.93. The summed E-state index contributed by atoms with van der Waals surface area (Å²) in [7, 11) is 0. The Bertz CT molecular complexity index is 844. The number of aryl methyl sites for hydroxylation is 1. The maximum absolute atomic E-state index is 12.9.